The fourth-order valence-electron chi connectivity index (χ4n) is 2.62. The third-order valence-corrected chi connectivity index (χ3v) is 3.66. The maximum absolute atomic E-state index is 12.4. The number of guanidine groups is 1. The quantitative estimate of drug-likeness (QED) is 0.294. The summed E-state index contributed by atoms with van der Waals surface area (Å²) >= 11 is 0. The van der Waals surface area contributed by atoms with Crippen LogP contribution in [-0.2, 0) is 6.54 Å². The molecule has 0 amide bonds. The summed E-state index contributed by atoms with van der Waals surface area (Å²) in [5, 5.41) is 10.5. The van der Waals surface area contributed by atoms with Crippen molar-refractivity contribution in [3.05, 3.63) is 18.5 Å². The number of hydrogen-bond donors (Lipinski definition) is 2. The van der Waals surface area contributed by atoms with Crippen molar-refractivity contribution < 1.29 is 13.2 Å². The maximum Gasteiger partial charge on any atom is 0.401 e. The molecule has 24 heavy (non-hydrogen) atoms. The molecule has 2 N–H and O–H groups in total. The molecule has 1 aromatic rings. The topological polar surface area (TPSA) is 57.5 Å². The van der Waals surface area contributed by atoms with Crippen LogP contribution in [0.2, 0.25) is 0 Å². The fourth-order valence-corrected chi connectivity index (χ4v) is 2.62. The highest BCUT2D eigenvalue weighted by Crippen LogP contribution is 2.19. The van der Waals surface area contributed by atoms with Crippen molar-refractivity contribution in [2.24, 2.45) is 4.99 Å². The second kappa shape index (κ2) is 10.1. The van der Waals surface area contributed by atoms with Gasteiger partial charge in [0.1, 0.15) is 0 Å². The van der Waals surface area contributed by atoms with Crippen LogP contribution in [0, 0.1) is 0 Å². The highest BCUT2D eigenvalue weighted by molar-refractivity contribution is 14.0. The maximum atomic E-state index is 12.4. The van der Waals surface area contributed by atoms with E-state index in [1.807, 2.05) is 16.9 Å². The van der Waals surface area contributed by atoms with Gasteiger partial charge in [0.25, 0.3) is 0 Å². The van der Waals surface area contributed by atoms with Crippen LogP contribution < -0.4 is 10.6 Å². The molecule has 0 radical (unpaired) electrons. The summed E-state index contributed by atoms with van der Waals surface area (Å²) in [5.74, 6) is 0.629. The van der Waals surface area contributed by atoms with E-state index in [4.69, 9.17) is 0 Å². The molecule has 10 heteroatoms. The average molecular weight is 460 g/mol. The first-order chi connectivity index (χ1) is 11.0. The number of aryl methyl sites for hydroxylation is 1. The second-order valence-electron chi connectivity index (χ2n) is 5.60. The van der Waals surface area contributed by atoms with Gasteiger partial charge in [-0.2, -0.15) is 18.3 Å². The van der Waals surface area contributed by atoms with Gasteiger partial charge in [-0.15, -0.1) is 24.0 Å². The number of nitrogens with zero attached hydrogens (tertiary/aromatic N) is 4. The Morgan fingerprint density at radius 3 is 2.83 bits per heavy atom. The van der Waals surface area contributed by atoms with E-state index in [0.29, 0.717) is 25.5 Å². The number of halogens is 4. The lowest BCUT2D eigenvalue weighted by Gasteiger charge is -2.19. The van der Waals surface area contributed by atoms with E-state index in [-0.39, 0.29) is 30.0 Å². The van der Waals surface area contributed by atoms with Crippen LogP contribution >= 0.6 is 24.0 Å². The predicted octanol–water partition coefficient (Wildman–Crippen LogP) is 1.69. The Bertz CT molecular complexity index is 491. The molecule has 2 rings (SSSR count). The molecule has 0 spiro atoms. The summed E-state index contributed by atoms with van der Waals surface area (Å²) in [7, 11) is 1.66. The average Bonchev–Trinajstić information content (AvgIpc) is 3.12. The molecule has 138 valence electrons. The van der Waals surface area contributed by atoms with Crippen LogP contribution in [0.15, 0.2) is 23.5 Å². The van der Waals surface area contributed by atoms with Gasteiger partial charge in [-0.25, -0.2) is 0 Å². The van der Waals surface area contributed by atoms with Gasteiger partial charge in [-0.1, -0.05) is 0 Å². The minimum absolute atomic E-state index is 0. The number of aromatic nitrogens is 2. The van der Waals surface area contributed by atoms with E-state index in [0.717, 1.165) is 19.5 Å². The van der Waals surface area contributed by atoms with E-state index < -0.39 is 12.7 Å². The first-order valence-electron chi connectivity index (χ1n) is 7.70. The van der Waals surface area contributed by atoms with Gasteiger partial charge in [0, 0.05) is 51.7 Å². The van der Waals surface area contributed by atoms with Crippen molar-refractivity contribution in [1.82, 2.24) is 25.3 Å². The summed E-state index contributed by atoms with van der Waals surface area (Å²) in [5.41, 5.74) is 0. The highest BCUT2D eigenvalue weighted by atomic mass is 127. The van der Waals surface area contributed by atoms with Crippen LogP contribution in [0.5, 0.6) is 0 Å². The molecule has 0 aliphatic carbocycles. The number of likely N-dealkylation sites (tertiary alicyclic amines) is 1. The normalized spacial score (nSPS) is 19.2. The van der Waals surface area contributed by atoms with E-state index in [1.54, 1.807) is 13.2 Å². The SMILES string of the molecule is CN=C(NCCCn1cccn1)NC1CCN(CC(F)(F)F)C1.I. The third kappa shape index (κ3) is 7.69. The molecular weight excluding hydrogens is 436 g/mol. The smallest absolute Gasteiger partial charge is 0.356 e. The number of alkyl halides is 3. The zero-order chi connectivity index (χ0) is 16.7. The van der Waals surface area contributed by atoms with Crippen molar-refractivity contribution in [1.29, 1.82) is 0 Å². The lowest BCUT2D eigenvalue weighted by Crippen LogP contribution is -2.45. The van der Waals surface area contributed by atoms with Gasteiger partial charge < -0.3 is 10.6 Å². The lowest BCUT2D eigenvalue weighted by atomic mass is 10.3. The fraction of sp³-hybridized carbons (Fsp3) is 0.714. The Labute approximate surface area is 156 Å². The van der Waals surface area contributed by atoms with E-state index >= 15 is 0 Å². The van der Waals surface area contributed by atoms with Crippen molar-refractivity contribution in [3.8, 4) is 0 Å². The molecule has 1 aliphatic rings. The number of aliphatic imine (C=N–C) groups is 1. The summed E-state index contributed by atoms with van der Waals surface area (Å²) in [6.45, 7) is 1.51. The Balaban J connectivity index is 0.00000288. The summed E-state index contributed by atoms with van der Waals surface area (Å²) < 4.78 is 39.0. The Morgan fingerprint density at radius 1 is 1.42 bits per heavy atom. The zero-order valence-electron chi connectivity index (χ0n) is 13.6. The molecule has 0 saturated carbocycles. The third-order valence-electron chi connectivity index (χ3n) is 3.66. The van der Waals surface area contributed by atoms with Crippen LogP contribution in [-0.4, -0.2) is 66.1 Å². The summed E-state index contributed by atoms with van der Waals surface area (Å²) in [6.07, 6.45) is 1.07. The molecule has 0 aromatic carbocycles. The van der Waals surface area contributed by atoms with Gasteiger partial charge in [-0.05, 0) is 18.9 Å². The molecule has 6 nitrogen and oxygen atoms in total. The Morgan fingerprint density at radius 2 is 2.21 bits per heavy atom. The molecule has 1 unspecified atom stereocenters. The van der Waals surface area contributed by atoms with Crippen molar-refractivity contribution in [3.63, 3.8) is 0 Å². The van der Waals surface area contributed by atoms with Crippen molar-refractivity contribution in [2.45, 2.75) is 31.6 Å². The van der Waals surface area contributed by atoms with Gasteiger partial charge in [-0.3, -0.25) is 14.6 Å². The van der Waals surface area contributed by atoms with Gasteiger partial charge in [0.2, 0.25) is 0 Å². The summed E-state index contributed by atoms with van der Waals surface area (Å²) in [6, 6.07) is 1.87. The van der Waals surface area contributed by atoms with Gasteiger partial charge in [0.15, 0.2) is 5.96 Å². The van der Waals surface area contributed by atoms with Crippen LogP contribution in [0.1, 0.15) is 12.8 Å². The summed E-state index contributed by atoms with van der Waals surface area (Å²) in [4.78, 5) is 5.54. The number of nitrogens with one attached hydrogen (secondary N) is 2. The lowest BCUT2D eigenvalue weighted by molar-refractivity contribution is -0.143. The highest BCUT2D eigenvalue weighted by Gasteiger charge is 2.34. The van der Waals surface area contributed by atoms with Crippen molar-refractivity contribution in [2.75, 3.05) is 33.2 Å². The first kappa shape index (κ1) is 21.0. The predicted molar refractivity (Wildman–Crippen MR) is 97.7 cm³/mol. The molecule has 1 saturated heterocycles. The molecule has 1 aromatic heterocycles. The monoisotopic (exact) mass is 460 g/mol. The molecule has 0 bridgehead atoms. The molecule has 2 heterocycles. The van der Waals surface area contributed by atoms with Gasteiger partial charge in [0.05, 0.1) is 6.54 Å². The Kier molecular flexibility index (Phi) is 8.81. The molecule has 1 atom stereocenters. The minimum atomic E-state index is -4.14. The van der Waals surface area contributed by atoms with E-state index in [2.05, 4.69) is 20.7 Å². The standard InChI is InChI=1S/C14H23F3N6.HI/c1-18-13(19-5-2-7-23-8-3-6-20-23)21-12-4-9-22(10-12)11-14(15,16)17;/h3,6,8,12H,2,4-5,7,9-11H2,1H3,(H2,18,19,21);1H. The molecule has 1 fully saturated rings. The number of hydrogen-bond acceptors (Lipinski definition) is 3. The minimum Gasteiger partial charge on any atom is -0.356 e. The number of rotatable bonds is 6. The van der Waals surface area contributed by atoms with E-state index in [1.165, 1.54) is 4.90 Å². The second-order valence-corrected chi connectivity index (χ2v) is 5.60. The first-order valence-corrected chi connectivity index (χ1v) is 7.70. The van der Waals surface area contributed by atoms with Crippen LogP contribution in [0.4, 0.5) is 13.2 Å². The zero-order valence-corrected chi connectivity index (χ0v) is 15.9. The van der Waals surface area contributed by atoms with Crippen LogP contribution in [0.3, 0.4) is 0 Å². The molecule has 1 aliphatic heterocycles. The largest absolute Gasteiger partial charge is 0.401 e. The molecular formula is C14H24F3IN6. The van der Waals surface area contributed by atoms with Crippen molar-refractivity contribution >= 4 is 29.9 Å². The van der Waals surface area contributed by atoms with Gasteiger partial charge >= 0.3 is 6.18 Å². The Hall–Kier alpha value is -1.04. The van der Waals surface area contributed by atoms with E-state index in [9.17, 15) is 13.2 Å². The van der Waals surface area contributed by atoms with Crippen LogP contribution in [0.25, 0.3) is 0 Å².